The molecule has 96 valence electrons. The van der Waals surface area contributed by atoms with Gasteiger partial charge in [-0.25, -0.2) is 0 Å². The number of nitrogens with zero attached hydrogens (tertiary/aromatic N) is 1. The number of anilines is 1. The van der Waals surface area contributed by atoms with Crippen molar-refractivity contribution in [3.05, 3.63) is 29.8 Å². The molecule has 0 saturated carbocycles. The number of hydrogen-bond donors (Lipinski definition) is 1. The molecule has 0 aliphatic rings. The minimum absolute atomic E-state index is 0.658. The van der Waals surface area contributed by atoms with E-state index >= 15 is 0 Å². The van der Waals surface area contributed by atoms with Crippen molar-refractivity contribution in [2.75, 3.05) is 31.3 Å². The number of thioether (sulfide) groups is 1. The molecular formula is C14H24N2S. The molecule has 2 N–H and O–H groups in total. The Morgan fingerprint density at radius 1 is 1.41 bits per heavy atom. The molecule has 3 heteroatoms. The van der Waals surface area contributed by atoms with Crippen molar-refractivity contribution in [3.8, 4) is 0 Å². The van der Waals surface area contributed by atoms with Gasteiger partial charge < -0.3 is 10.6 Å². The molecule has 1 atom stereocenters. The van der Waals surface area contributed by atoms with Crippen LogP contribution in [0.2, 0.25) is 0 Å². The molecular weight excluding hydrogens is 228 g/mol. The average Bonchev–Trinajstić information content (AvgIpc) is 2.29. The summed E-state index contributed by atoms with van der Waals surface area (Å²) in [6, 6.07) is 8.86. The molecule has 0 bridgehead atoms. The van der Waals surface area contributed by atoms with Gasteiger partial charge in [-0.1, -0.05) is 12.1 Å². The predicted octanol–water partition coefficient (Wildman–Crippen LogP) is 2.88. The summed E-state index contributed by atoms with van der Waals surface area (Å²) in [5.74, 6) is 1.20. The fraction of sp³-hybridized carbons (Fsp3) is 0.571. The first kappa shape index (κ1) is 14.4. The molecule has 0 spiro atoms. The molecule has 17 heavy (non-hydrogen) atoms. The summed E-state index contributed by atoms with van der Waals surface area (Å²) in [4.78, 5) is 2.43. The summed E-state index contributed by atoms with van der Waals surface area (Å²) < 4.78 is 0. The van der Waals surface area contributed by atoms with Crippen LogP contribution >= 0.6 is 11.8 Å². The van der Waals surface area contributed by atoms with Gasteiger partial charge in [-0.2, -0.15) is 11.8 Å². The highest BCUT2D eigenvalue weighted by molar-refractivity contribution is 7.98. The van der Waals surface area contributed by atoms with E-state index in [-0.39, 0.29) is 0 Å². The summed E-state index contributed by atoms with van der Waals surface area (Å²) in [7, 11) is 2.21. The highest BCUT2D eigenvalue weighted by atomic mass is 32.2. The lowest BCUT2D eigenvalue weighted by atomic mass is 10.1. The molecule has 0 radical (unpaired) electrons. The Morgan fingerprint density at radius 3 is 2.82 bits per heavy atom. The van der Waals surface area contributed by atoms with E-state index in [1.54, 1.807) is 0 Å². The minimum Gasteiger partial charge on any atom is -0.399 e. The Balaban J connectivity index is 2.28. The van der Waals surface area contributed by atoms with Crippen LogP contribution in [-0.2, 0) is 6.42 Å². The Hall–Kier alpha value is -0.670. The molecule has 1 unspecified atom stereocenters. The maximum absolute atomic E-state index is 5.76. The van der Waals surface area contributed by atoms with Crippen LogP contribution in [0.4, 0.5) is 5.69 Å². The van der Waals surface area contributed by atoms with Crippen LogP contribution in [-0.4, -0.2) is 36.5 Å². The van der Waals surface area contributed by atoms with Crippen molar-refractivity contribution in [2.24, 2.45) is 0 Å². The van der Waals surface area contributed by atoms with Crippen molar-refractivity contribution < 1.29 is 0 Å². The summed E-state index contributed by atoms with van der Waals surface area (Å²) in [6.45, 7) is 3.44. The van der Waals surface area contributed by atoms with Crippen LogP contribution in [0.25, 0.3) is 0 Å². The molecule has 1 rings (SSSR count). The van der Waals surface area contributed by atoms with Crippen LogP contribution in [0.3, 0.4) is 0 Å². The third kappa shape index (κ3) is 5.46. The van der Waals surface area contributed by atoms with E-state index in [0.717, 1.165) is 18.7 Å². The molecule has 1 aromatic rings. The molecule has 1 aromatic carbocycles. The molecule has 0 saturated heterocycles. The van der Waals surface area contributed by atoms with E-state index in [4.69, 9.17) is 5.73 Å². The lowest BCUT2D eigenvalue weighted by molar-refractivity contribution is 0.274. The van der Waals surface area contributed by atoms with Gasteiger partial charge in [0.1, 0.15) is 0 Å². The van der Waals surface area contributed by atoms with Crippen molar-refractivity contribution in [3.63, 3.8) is 0 Å². The number of hydrogen-bond acceptors (Lipinski definition) is 3. The Morgan fingerprint density at radius 2 is 2.18 bits per heavy atom. The first-order valence-corrected chi connectivity index (χ1v) is 7.56. The monoisotopic (exact) mass is 252 g/mol. The second-order valence-electron chi connectivity index (χ2n) is 4.63. The fourth-order valence-corrected chi connectivity index (χ4v) is 2.61. The normalized spacial score (nSPS) is 12.9. The molecule has 0 heterocycles. The Kier molecular flexibility index (Phi) is 6.45. The molecule has 0 aliphatic carbocycles. The molecule has 0 aliphatic heterocycles. The first-order valence-electron chi connectivity index (χ1n) is 6.17. The van der Waals surface area contributed by atoms with Gasteiger partial charge in [-0.15, -0.1) is 0 Å². The topological polar surface area (TPSA) is 29.3 Å². The van der Waals surface area contributed by atoms with E-state index in [9.17, 15) is 0 Å². The molecule has 2 nitrogen and oxygen atoms in total. The summed E-state index contributed by atoms with van der Waals surface area (Å²) >= 11 is 1.91. The van der Waals surface area contributed by atoms with E-state index in [2.05, 4.69) is 37.3 Å². The van der Waals surface area contributed by atoms with Gasteiger partial charge in [0.25, 0.3) is 0 Å². The SMILES string of the molecule is CSCC(C)N(C)CCCc1cccc(N)c1. The first-order chi connectivity index (χ1) is 8.13. The average molecular weight is 252 g/mol. The fourth-order valence-electron chi connectivity index (χ4n) is 1.87. The highest BCUT2D eigenvalue weighted by Gasteiger charge is 2.07. The van der Waals surface area contributed by atoms with Gasteiger partial charge in [0, 0.05) is 17.5 Å². The van der Waals surface area contributed by atoms with Crippen molar-refractivity contribution >= 4 is 17.4 Å². The predicted molar refractivity (Wildman–Crippen MR) is 79.6 cm³/mol. The molecule has 0 aromatic heterocycles. The lowest BCUT2D eigenvalue weighted by Crippen LogP contribution is -2.32. The quantitative estimate of drug-likeness (QED) is 0.757. The maximum Gasteiger partial charge on any atom is 0.0316 e. The zero-order valence-corrected chi connectivity index (χ0v) is 12.0. The number of benzene rings is 1. The van der Waals surface area contributed by atoms with E-state index in [0.29, 0.717) is 6.04 Å². The van der Waals surface area contributed by atoms with Crippen LogP contribution in [0.5, 0.6) is 0 Å². The lowest BCUT2D eigenvalue weighted by Gasteiger charge is -2.23. The van der Waals surface area contributed by atoms with Crippen molar-refractivity contribution in [2.45, 2.75) is 25.8 Å². The minimum atomic E-state index is 0.658. The summed E-state index contributed by atoms with van der Waals surface area (Å²) in [5.41, 5.74) is 7.98. The van der Waals surface area contributed by atoms with E-state index in [1.807, 2.05) is 23.9 Å². The second-order valence-corrected chi connectivity index (χ2v) is 5.54. The van der Waals surface area contributed by atoms with Gasteiger partial charge >= 0.3 is 0 Å². The number of nitrogen functional groups attached to an aromatic ring is 1. The number of nitrogens with two attached hydrogens (primary N) is 1. The largest absolute Gasteiger partial charge is 0.399 e. The second kappa shape index (κ2) is 7.62. The Bertz CT molecular complexity index is 328. The smallest absolute Gasteiger partial charge is 0.0316 e. The van der Waals surface area contributed by atoms with Crippen molar-refractivity contribution in [1.29, 1.82) is 0 Å². The molecule has 0 amide bonds. The third-order valence-corrected chi connectivity index (χ3v) is 3.90. The van der Waals surface area contributed by atoms with Crippen LogP contribution < -0.4 is 5.73 Å². The van der Waals surface area contributed by atoms with Crippen LogP contribution in [0, 0.1) is 0 Å². The van der Waals surface area contributed by atoms with Gasteiger partial charge in [-0.05, 0) is 57.3 Å². The zero-order valence-electron chi connectivity index (χ0n) is 11.1. The summed E-state index contributed by atoms with van der Waals surface area (Å²) in [5, 5.41) is 0. The zero-order chi connectivity index (χ0) is 12.7. The third-order valence-electron chi connectivity index (χ3n) is 3.09. The Labute approximate surface area is 110 Å². The highest BCUT2D eigenvalue weighted by Crippen LogP contribution is 2.10. The van der Waals surface area contributed by atoms with Gasteiger partial charge in [0.2, 0.25) is 0 Å². The van der Waals surface area contributed by atoms with Crippen LogP contribution in [0.1, 0.15) is 18.9 Å². The molecule has 0 fully saturated rings. The van der Waals surface area contributed by atoms with E-state index in [1.165, 1.54) is 17.7 Å². The van der Waals surface area contributed by atoms with Gasteiger partial charge in [0.05, 0.1) is 0 Å². The van der Waals surface area contributed by atoms with Crippen LogP contribution in [0.15, 0.2) is 24.3 Å². The standard InChI is InChI=1S/C14H24N2S/c1-12(11-17-3)16(2)9-5-7-13-6-4-8-14(15)10-13/h4,6,8,10,12H,5,7,9,11,15H2,1-3H3. The number of aryl methyl sites for hydroxylation is 1. The van der Waals surface area contributed by atoms with Gasteiger partial charge in [-0.3, -0.25) is 0 Å². The van der Waals surface area contributed by atoms with E-state index < -0.39 is 0 Å². The van der Waals surface area contributed by atoms with Gasteiger partial charge in [0.15, 0.2) is 0 Å². The number of rotatable bonds is 7. The summed E-state index contributed by atoms with van der Waals surface area (Å²) in [6.07, 6.45) is 4.47. The maximum atomic E-state index is 5.76. The van der Waals surface area contributed by atoms with Crippen molar-refractivity contribution in [1.82, 2.24) is 4.90 Å².